The van der Waals surface area contributed by atoms with Crippen molar-refractivity contribution in [1.82, 2.24) is 10.2 Å². The van der Waals surface area contributed by atoms with Crippen LogP contribution in [-0.2, 0) is 4.79 Å². The van der Waals surface area contributed by atoms with E-state index in [1.54, 1.807) is 25.3 Å². The van der Waals surface area contributed by atoms with Gasteiger partial charge in [0.05, 0.1) is 19.3 Å². The van der Waals surface area contributed by atoms with Crippen molar-refractivity contribution < 1.29 is 13.9 Å². The summed E-state index contributed by atoms with van der Waals surface area (Å²) >= 11 is 0. The number of nitrogens with zero attached hydrogens (tertiary/aromatic N) is 1. The minimum absolute atomic E-state index is 0.0102. The second kappa shape index (κ2) is 10.2. The van der Waals surface area contributed by atoms with Gasteiger partial charge in [-0.1, -0.05) is 19.3 Å². The molecule has 1 aromatic heterocycles. The molecule has 2 aromatic rings. The van der Waals surface area contributed by atoms with Crippen molar-refractivity contribution in [3.05, 3.63) is 34.2 Å². The highest BCUT2D eigenvalue weighted by Crippen LogP contribution is 2.28. The third-order valence-electron chi connectivity index (χ3n) is 5.70. The molecule has 162 valence electrons. The summed E-state index contributed by atoms with van der Waals surface area (Å²) in [7, 11) is 3.65. The number of hydrogen-bond donors (Lipinski definition) is 3. The normalized spacial score (nSPS) is 14.6. The molecule has 0 atom stereocenters. The maximum Gasteiger partial charge on any atom is 0.347 e. The maximum atomic E-state index is 12.3. The zero-order valence-corrected chi connectivity index (χ0v) is 17.6. The number of likely N-dealkylation sites (N-methyl/N-ethyl adjacent to an activating group) is 1. The van der Waals surface area contributed by atoms with Crippen LogP contribution in [0.15, 0.2) is 27.4 Å². The number of rotatable bonds is 9. The molecule has 0 unspecified atom stereocenters. The van der Waals surface area contributed by atoms with E-state index in [1.165, 1.54) is 32.1 Å². The van der Waals surface area contributed by atoms with E-state index in [9.17, 15) is 9.59 Å². The molecule has 3 N–H and O–H groups in total. The summed E-state index contributed by atoms with van der Waals surface area (Å²) in [5.41, 5.74) is 0.202. The molecule has 1 saturated carbocycles. The van der Waals surface area contributed by atoms with Crippen molar-refractivity contribution in [3.8, 4) is 5.75 Å². The lowest BCUT2D eigenvalue weighted by Crippen LogP contribution is -2.40. The zero-order valence-electron chi connectivity index (χ0n) is 17.6. The van der Waals surface area contributed by atoms with Gasteiger partial charge in [0.2, 0.25) is 5.91 Å². The predicted octanol–water partition coefficient (Wildman–Crippen LogP) is 2.59. The fourth-order valence-corrected chi connectivity index (χ4v) is 3.95. The molecule has 8 heteroatoms. The quantitative estimate of drug-likeness (QED) is 0.430. The highest BCUT2D eigenvalue weighted by atomic mass is 16.5. The van der Waals surface area contributed by atoms with Crippen molar-refractivity contribution in [3.63, 3.8) is 0 Å². The fourth-order valence-electron chi connectivity index (χ4n) is 3.95. The molecule has 1 fully saturated rings. The smallest absolute Gasteiger partial charge is 0.347 e. The molecule has 1 heterocycles. The average molecular weight is 415 g/mol. The molecule has 1 aliphatic rings. The summed E-state index contributed by atoms with van der Waals surface area (Å²) in [5, 5.41) is 14.1. The van der Waals surface area contributed by atoms with Crippen LogP contribution in [0, 0.1) is 5.41 Å². The van der Waals surface area contributed by atoms with Gasteiger partial charge in [0.25, 0.3) is 0 Å². The van der Waals surface area contributed by atoms with Crippen LogP contribution in [-0.4, -0.2) is 56.9 Å². The molecule has 1 amide bonds. The Kier molecular flexibility index (Phi) is 7.46. The molecule has 0 saturated heterocycles. The van der Waals surface area contributed by atoms with Gasteiger partial charge in [-0.25, -0.2) is 4.79 Å². The van der Waals surface area contributed by atoms with Gasteiger partial charge in [-0.15, -0.1) is 0 Å². The van der Waals surface area contributed by atoms with Gasteiger partial charge < -0.3 is 30.1 Å². The summed E-state index contributed by atoms with van der Waals surface area (Å²) < 4.78 is 10.5. The van der Waals surface area contributed by atoms with E-state index in [0.29, 0.717) is 35.0 Å². The Morgan fingerprint density at radius 2 is 2.10 bits per heavy atom. The third kappa shape index (κ3) is 5.18. The van der Waals surface area contributed by atoms with E-state index in [1.807, 2.05) is 0 Å². The predicted molar refractivity (Wildman–Crippen MR) is 118 cm³/mol. The number of ether oxygens (including phenoxy) is 1. The van der Waals surface area contributed by atoms with Gasteiger partial charge in [-0.2, -0.15) is 0 Å². The number of nitrogens with one attached hydrogen (secondary N) is 3. The Labute approximate surface area is 176 Å². The van der Waals surface area contributed by atoms with E-state index in [0.717, 1.165) is 12.8 Å². The van der Waals surface area contributed by atoms with E-state index >= 15 is 0 Å². The van der Waals surface area contributed by atoms with Crippen molar-refractivity contribution >= 4 is 28.8 Å². The van der Waals surface area contributed by atoms with Gasteiger partial charge in [0, 0.05) is 30.7 Å². The van der Waals surface area contributed by atoms with Crippen molar-refractivity contribution in [2.24, 2.45) is 0 Å². The first-order valence-corrected chi connectivity index (χ1v) is 10.4. The van der Waals surface area contributed by atoms with Gasteiger partial charge in [-0.3, -0.25) is 4.79 Å². The average Bonchev–Trinajstić information content (AvgIpc) is 2.77. The van der Waals surface area contributed by atoms with E-state index < -0.39 is 5.63 Å². The van der Waals surface area contributed by atoms with Crippen LogP contribution in [0.25, 0.3) is 11.0 Å². The number of fused-ring (bicyclic) bond motifs is 1. The van der Waals surface area contributed by atoms with Gasteiger partial charge in [0.1, 0.15) is 16.9 Å². The van der Waals surface area contributed by atoms with Crippen LogP contribution >= 0.6 is 0 Å². The van der Waals surface area contributed by atoms with Gasteiger partial charge in [0.15, 0.2) is 0 Å². The highest BCUT2D eigenvalue weighted by molar-refractivity contribution is 6.01. The van der Waals surface area contributed by atoms with Crippen LogP contribution in [0.1, 0.15) is 37.7 Å². The summed E-state index contributed by atoms with van der Waals surface area (Å²) in [6, 6.07) is 5.64. The first-order chi connectivity index (χ1) is 14.5. The lowest BCUT2D eigenvalue weighted by Gasteiger charge is -2.31. The monoisotopic (exact) mass is 414 g/mol. The number of amides is 1. The maximum absolute atomic E-state index is 12.3. The van der Waals surface area contributed by atoms with Crippen molar-refractivity contribution in [1.29, 1.82) is 5.41 Å². The minimum Gasteiger partial charge on any atom is -0.497 e. The van der Waals surface area contributed by atoms with Crippen molar-refractivity contribution in [2.45, 2.75) is 38.1 Å². The SMILES string of the molecule is COc1ccc2oc(=O)c(C=N)c(NCC(=O)NCCN(C)C3CCCCC3)c2c1. The minimum atomic E-state index is -0.625. The van der Waals surface area contributed by atoms with E-state index in [-0.39, 0.29) is 18.0 Å². The fraction of sp³-hybridized carbons (Fsp3) is 0.500. The molecule has 0 radical (unpaired) electrons. The van der Waals surface area contributed by atoms with Gasteiger partial charge >= 0.3 is 5.63 Å². The number of hydrogen-bond acceptors (Lipinski definition) is 7. The molecule has 0 spiro atoms. The Balaban J connectivity index is 1.62. The summed E-state index contributed by atoms with van der Waals surface area (Å²) in [5.74, 6) is 0.415. The second-order valence-electron chi connectivity index (χ2n) is 7.66. The summed E-state index contributed by atoms with van der Waals surface area (Å²) in [6.45, 7) is 1.36. The molecule has 0 aliphatic heterocycles. The Morgan fingerprint density at radius 1 is 1.33 bits per heavy atom. The Morgan fingerprint density at radius 3 is 2.80 bits per heavy atom. The lowest BCUT2D eigenvalue weighted by atomic mass is 9.94. The number of methoxy groups -OCH3 is 1. The van der Waals surface area contributed by atoms with Gasteiger partial charge in [-0.05, 0) is 38.1 Å². The number of anilines is 1. The molecule has 30 heavy (non-hydrogen) atoms. The van der Waals surface area contributed by atoms with Crippen LogP contribution in [0.3, 0.4) is 0 Å². The Hall–Kier alpha value is -2.87. The highest BCUT2D eigenvalue weighted by Gasteiger charge is 2.18. The van der Waals surface area contributed by atoms with E-state index in [4.69, 9.17) is 14.6 Å². The number of carbonyl (C=O) groups is 1. The first kappa shape index (κ1) is 21.8. The lowest BCUT2D eigenvalue weighted by molar-refractivity contribution is -0.119. The summed E-state index contributed by atoms with van der Waals surface area (Å²) in [4.78, 5) is 26.9. The number of carbonyl (C=O) groups excluding carboxylic acids is 1. The van der Waals surface area contributed by atoms with Crippen LogP contribution in [0.4, 0.5) is 5.69 Å². The third-order valence-corrected chi connectivity index (χ3v) is 5.70. The topological polar surface area (TPSA) is 108 Å². The molecule has 0 bridgehead atoms. The van der Waals surface area contributed by atoms with E-state index in [2.05, 4.69) is 22.6 Å². The zero-order chi connectivity index (χ0) is 21.5. The first-order valence-electron chi connectivity index (χ1n) is 10.4. The molecule has 1 aliphatic carbocycles. The standard InChI is InChI=1S/C22H30N4O4/c1-26(15-6-4-3-5-7-15)11-10-24-20(27)14-25-21-17-12-16(29-2)8-9-19(17)30-22(28)18(21)13-23/h8-9,12-13,15,23,25H,3-7,10-11,14H2,1-2H3,(H,24,27). The molecule has 8 nitrogen and oxygen atoms in total. The number of benzene rings is 1. The van der Waals surface area contributed by atoms with Crippen molar-refractivity contribution in [2.75, 3.05) is 39.1 Å². The van der Waals surface area contributed by atoms with Crippen LogP contribution in [0.5, 0.6) is 5.75 Å². The molecular weight excluding hydrogens is 384 g/mol. The van der Waals surface area contributed by atoms with Crippen LogP contribution < -0.4 is 21.0 Å². The summed E-state index contributed by atoms with van der Waals surface area (Å²) in [6.07, 6.45) is 7.28. The molecular formula is C22H30N4O4. The largest absolute Gasteiger partial charge is 0.497 e. The Bertz CT molecular complexity index is 950. The second-order valence-corrected chi connectivity index (χ2v) is 7.66. The van der Waals surface area contributed by atoms with Crippen LogP contribution in [0.2, 0.25) is 0 Å². The molecule has 1 aromatic carbocycles. The molecule has 3 rings (SSSR count).